The van der Waals surface area contributed by atoms with Gasteiger partial charge in [0.1, 0.15) is 0 Å². The zero-order valence-electron chi connectivity index (χ0n) is 10.2. The largest absolute Gasteiger partial charge is 0.452 e. The minimum atomic E-state index is 0.633. The molecule has 0 aromatic heterocycles. The first-order valence-electron chi connectivity index (χ1n) is 5.30. The van der Waals surface area contributed by atoms with E-state index >= 15 is 0 Å². The highest BCUT2D eigenvalue weighted by atomic mass is 127. The van der Waals surface area contributed by atoms with Crippen molar-refractivity contribution in [3.63, 3.8) is 0 Å². The molecule has 23 heavy (non-hydrogen) atoms. The van der Waals surface area contributed by atoms with Crippen LogP contribution in [0, 0.1) is 3.57 Å². The van der Waals surface area contributed by atoms with E-state index in [-0.39, 0.29) is 0 Å². The van der Waals surface area contributed by atoms with Crippen molar-refractivity contribution in [2.24, 2.45) is 0 Å². The Morgan fingerprint density at radius 2 is 0.696 bits per heavy atom. The van der Waals surface area contributed by atoms with Gasteiger partial charge in [-0.05, 0) is 166 Å². The second-order valence-electron chi connectivity index (χ2n) is 3.90. The fourth-order valence-corrected chi connectivity index (χ4v) is 8.15. The van der Waals surface area contributed by atoms with E-state index in [9.17, 15) is 0 Å². The van der Waals surface area contributed by atoms with Crippen LogP contribution in [0.2, 0.25) is 0 Å². The first kappa shape index (κ1) is 22.6. The van der Waals surface area contributed by atoms with Gasteiger partial charge in [-0.2, -0.15) is 0 Å². The zero-order chi connectivity index (χ0) is 17.6. The standard InChI is InChI=1S/C12Br9IO/c13-1-2(14)6(18)11(7(19)3(1)15)23-12-8(20)4(16)10(22)5(17)9(12)21. The molecule has 0 heterocycles. The average Bonchev–Trinajstić information content (AvgIpc) is 2.54. The summed E-state index contributed by atoms with van der Waals surface area (Å²) >= 11 is 34.3. The van der Waals surface area contributed by atoms with E-state index in [1.165, 1.54) is 0 Å². The molecule has 0 aliphatic carbocycles. The lowest BCUT2D eigenvalue weighted by Crippen LogP contribution is -1.95. The van der Waals surface area contributed by atoms with Gasteiger partial charge in [-0.3, -0.25) is 0 Å². The molecule has 0 spiro atoms. The van der Waals surface area contributed by atoms with Crippen LogP contribution in [-0.2, 0) is 0 Å². The van der Waals surface area contributed by atoms with E-state index < -0.39 is 0 Å². The highest BCUT2D eigenvalue weighted by Crippen LogP contribution is 2.53. The maximum Gasteiger partial charge on any atom is 0.158 e. The normalized spacial score (nSPS) is 11.0. The third-order valence-electron chi connectivity index (χ3n) is 2.54. The van der Waals surface area contributed by atoms with Crippen molar-refractivity contribution in [1.82, 2.24) is 0 Å². The molecule has 0 radical (unpaired) electrons. The number of ether oxygens (including phenoxy) is 1. The van der Waals surface area contributed by atoms with Crippen LogP contribution in [0.5, 0.6) is 11.5 Å². The highest BCUT2D eigenvalue weighted by molar-refractivity contribution is 14.1. The average molecular weight is 1010 g/mol. The number of hydrogen-bond acceptors (Lipinski definition) is 1. The second-order valence-corrected chi connectivity index (χ2v) is 12.1. The Balaban J connectivity index is 2.71. The van der Waals surface area contributed by atoms with E-state index in [1.807, 2.05) is 0 Å². The molecule has 0 bridgehead atoms. The first-order valence-corrected chi connectivity index (χ1v) is 13.5. The van der Waals surface area contributed by atoms with Crippen LogP contribution in [-0.4, -0.2) is 0 Å². The molecule has 0 saturated carbocycles. The third kappa shape index (κ3) is 4.49. The van der Waals surface area contributed by atoms with Crippen molar-refractivity contribution in [1.29, 1.82) is 0 Å². The summed E-state index contributed by atoms with van der Waals surface area (Å²) in [7, 11) is 0. The summed E-state index contributed by atoms with van der Waals surface area (Å²) in [4.78, 5) is 0. The van der Waals surface area contributed by atoms with E-state index in [2.05, 4.69) is 166 Å². The number of halogens is 10. The molecule has 0 saturated heterocycles. The van der Waals surface area contributed by atoms with Crippen molar-refractivity contribution in [3.8, 4) is 11.5 Å². The number of rotatable bonds is 2. The lowest BCUT2D eigenvalue weighted by Gasteiger charge is -2.18. The highest BCUT2D eigenvalue weighted by Gasteiger charge is 2.24. The van der Waals surface area contributed by atoms with Gasteiger partial charge in [-0.25, -0.2) is 0 Å². The fraction of sp³-hybridized carbons (Fsp3) is 0. The van der Waals surface area contributed by atoms with Crippen molar-refractivity contribution in [3.05, 3.63) is 43.8 Å². The van der Waals surface area contributed by atoms with Gasteiger partial charge in [0.05, 0.1) is 35.8 Å². The van der Waals surface area contributed by atoms with Gasteiger partial charge in [-0.1, -0.05) is 0 Å². The lowest BCUT2D eigenvalue weighted by atomic mass is 10.3. The van der Waals surface area contributed by atoms with E-state index in [1.54, 1.807) is 0 Å². The molecule has 2 aromatic carbocycles. The molecule has 2 aromatic rings. The Labute approximate surface area is 222 Å². The molecule has 0 aliphatic rings. The number of benzene rings is 2. The molecule has 0 atom stereocenters. The van der Waals surface area contributed by atoms with E-state index in [0.717, 1.165) is 43.8 Å². The van der Waals surface area contributed by atoms with Gasteiger partial charge in [-0.15, -0.1) is 0 Å². The van der Waals surface area contributed by atoms with E-state index in [0.29, 0.717) is 11.5 Å². The molecule has 0 unspecified atom stereocenters. The van der Waals surface area contributed by atoms with Gasteiger partial charge < -0.3 is 4.74 Å². The Morgan fingerprint density at radius 3 is 1.04 bits per heavy atom. The molecule has 1 nitrogen and oxygen atoms in total. The monoisotopic (exact) mass is 997 g/mol. The van der Waals surface area contributed by atoms with Gasteiger partial charge in [0.2, 0.25) is 0 Å². The summed E-state index contributed by atoms with van der Waals surface area (Å²) in [6.07, 6.45) is 0. The van der Waals surface area contributed by atoms with E-state index in [4.69, 9.17) is 4.74 Å². The molecule has 0 fully saturated rings. The summed E-state index contributed by atoms with van der Waals surface area (Å²) in [6.45, 7) is 0. The van der Waals surface area contributed by atoms with Crippen LogP contribution in [0.15, 0.2) is 40.3 Å². The number of hydrogen-bond donors (Lipinski definition) is 0. The molecule has 2 rings (SSSR count). The maximum atomic E-state index is 6.20. The summed E-state index contributed by atoms with van der Waals surface area (Å²) in [6, 6.07) is 0. The predicted octanol–water partition coefficient (Wildman–Crippen LogP) is 10.9. The van der Waals surface area contributed by atoms with Gasteiger partial charge in [0.25, 0.3) is 0 Å². The Bertz CT molecular complexity index is 696. The lowest BCUT2D eigenvalue weighted by molar-refractivity contribution is 0.468. The Kier molecular flexibility index (Phi) is 9.02. The molecular weight excluding hydrogens is 1010 g/mol. The zero-order valence-corrected chi connectivity index (χ0v) is 26.6. The second kappa shape index (κ2) is 9.19. The minimum Gasteiger partial charge on any atom is -0.452 e. The predicted molar refractivity (Wildman–Crippen MR) is 135 cm³/mol. The smallest absolute Gasteiger partial charge is 0.158 e. The molecule has 124 valence electrons. The van der Waals surface area contributed by atoms with Crippen molar-refractivity contribution >= 4 is 166 Å². The quantitative estimate of drug-likeness (QED) is 0.166. The van der Waals surface area contributed by atoms with Crippen LogP contribution < -0.4 is 4.74 Å². The van der Waals surface area contributed by atoms with Gasteiger partial charge in [0, 0.05) is 8.04 Å². The molecule has 0 N–H and O–H groups in total. The van der Waals surface area contributed by atoms with Crippen molar-refractivity contribution < 1.29 is 4.74 Å². The molecule has 0 aliphatic heterocycles. The maximum absolute atomic E-state index is 6.20. The molecule has 11 heteroatoms. The van der Waals surface area contributed by atoms with Crippen molar-refractivity contribution in [2.45, 2.75) is 0 Å². The van der Waals surface area contributed by atoms with Gasteiger partial charge >= 0.3 is 0 Å². The van der Waals surface area contributed by atoms with Crippen LogP contribution >= 0.6 is 166 Å². The van der Waals surface area contributed by atoms with Crippen molar-refractivity contribution in [2.75, 3.05) is 0 Å². The third-order valence-corrected chi connectivity index (χ3v) is 15.3. The SMILES string of the molecule is Brc1c(Br)c(Br)c(Oc2c(Br)c(Br)c(I)c(Br)c2Br)c(Br)c1Br. The summed E-state index contributed by atoms with van der Waals surface area (Å²) < 4.78 is 14.8. The first-order chi connectivity index (χ1) is 10.6. The fourth-order valence-electron chi connectivity index (χ4n) is 1.45. The van der Waals surface area contributed by atoms with Crippen LogP contribution in [0.3, 0.4) is 0 Å². The topological polar surface area (TPSA) is 9.23 Å². The summed E-state index contributed by atoms with van der Waals surface area (Å²) in [5, 5.41) is 0. The molecule has 0 amide bonds. The van der Waals surface area contributed by atoms with Crippen LogP contribution in [0.25, 0.3) is 0 Å². The Morgan fingerprint density at radius 1 is 0.435 bits per heavy atom. The Hall–Kier alpha value is 3.29. The van der Waals surface area contributed by atoms with Crippen LogP contribution in [0.1, 0.15) is 0 Å². The minimum absolute atomic E-state index is 0.633. The summed E-state index contributed by atoms with van der Waals surface area (Å²) in [5.41, 5.74) is 0. The summed E-state index contributed by atoms with van der Waals surface area (Å²) in [5.74, 6) is 1.28. The van der Waals surface area contributed by atoms with Gasteiger partial charge in [0.15, 0.2) is 11.5 Å². The molecular formula is C12Br9IO. The van der Waals surface area contributed by atoms with Crippen LogP contribution in [0.4, 0.5) is 0 Å².